The van der Waals surface area contributed by atoms with E-state index in [9.17, 15) is 4.79 Å². The molecule has 27 heavy (non-hydrogen) atoms. The highest BCUT2D eigenvalue weighted by molar-refractivity contribution is 6.03. The van der Waals surface area contributed by atoms with E-state index < -0.39 is 5.91 Å². The normalized spacial score (nSPS) is 15.8. The summed E-state index contributed by atoms with van der Waals surface area (Å²) in [5.74, 6) is 0.279. The van der Waals surface area contributed by atoms with Crippen molar-refractivity contribution in [3.8, 4) is 5.75 Å². The summed E-state index contributed by atoms with van der Waals surface area (Å²) in [7, 11) is 0. The van der Waals surface area contributed by atoms with Gasteiger partial charge in [0.25, 0.3) is 5.91 Å². The zero-order valence-corrected chi connectivity index (χ0v) is 14.3. The molecule has 0 radical (unpaired) electrons. The largest absolute Gasteiger partial charge is 0.477 e. The van der Waals surface area contributed by atoms with Gasteiger partial charge in [0.05, 0.1) is 17.1 Å². The van der Waals surface area contributed by atoms with Gasteiger partial charge in [0.15, 0.2) is 11.9 Å². The van der Waals surface area contributed by atoms with Gasteiger partial charge in [0.2, 0.25) is 0 Å². The summed E-state index contributed by atoms with van der Waals surface area (Å²) in [6.07, 6.45) is 3.14. The summed E-state index contributed by atoms with van der Waals surface area (Å²) < 4.78 is 5.95. The molecular weight excluding hydrogens is 344 g/mol. The standard InChI is InChI=1S/C19H18N6O2/c20-14(19(22)26)15(10-7-9-24-18(10)21)25-13-6-3-4-11-16(27-17(11)13)12-5-1-2-8-23-12/h1-9,16,24-25H,20-21H2,(H2,22,26)/b15-14+. The Bertz CT molecular complexity index is 1040. The molecule has 1 atom stereocenters. The number of ether oxygens (including phenoxy) is 1. The summed E-state index contributed by atoms with van der Waals surface area (Å²) in [6, 6.07) is 13.1. The number of rotatable bonds is 5. The maximum absolute atomic E-state index is 11.6. The van der Waals surface area contributed by atoms with Crippen LogP contribution in [-0.2, 0) is 4.79 Å². The highest BCUT2D eigenvalue weighted by atomic mass is 16.5. The van der Waals surface area contributed by atoms with Crippen LogP contribution in [0.4, 0.5) is 11.5 Å². The molecule has 1 amide bonds. The molecule has 2 aromatic heterocycles. The topological polar surface area (TPSA) is 145 Å². The number of anilines is 2. The lowest BCUT2D eigenvalue weighted by molar-refractivity contribution is -0.114. The van der Waals surface area contributed by atoms with Gasteiger partial charge < -0.3 is 32.2 Å². The molecule has 0 aliphatic carbocycles. The van der Waals surface area contributed by atoms with Gasteiger partial charge in [-0.3, -0.25) is 9.78 Å². The van der Waals surface area contributed by atoms with E-state index in [2.05, 4.69) is 15.3 Å². The SMILES string of the molecule is NC(=O)/C(N)=C(\Nc1cccc2c1OC2c1ccccn1)c1cc[nH]c1N. The summed E-state index contributed by atoms with van der Waals surface area (Å²) >= 11 is 0. The number of para-hydroxylation sites is 1. The fourth-order valence-corrected chi connectivity index (χ4v) is 3.00. The number of nitrogens with zero attached hydrogens (tertiary/aromatic N) is 1. The third-order valence-electron chi connectivity index (χ3n) is 4.36. The number of nitrogens with two attached hydrogens (primary N) is 3. The zero-order valence-electron chi connectivity index (χ0n) is 14.3. The number of aromatic nitrogens is 2. The zero-order chi connectivity index (χ0) is 19.0. The van der Waals surface area contributed by atoms with Crippen molar-refractivity contribution >= 4 is 23.1 Å². The molecule has 3 heterocycles. The average Bonchev–Trinajstić information content (AvgIpc) is 3.07. The van der Waals surface area contributed by atoms with Gasteiger partial charge in [-0.2, -0.15) is 0 Å². The van der Waals surface area contributed by atoms with Crippen molar-refractivity contribution in [1.82, 2.24) is 9.97 Å². The van der Waals surface area contributed by atoms with E-state index in [4.69, 9.17) is 21.9 Å². The van der Waals surface area contributed by atoms with Crippen LogP contribution in [0.25, 0.3) is 5.70 Å². The molecule has 0 saturated heterocycles. The van der Waals surface area contributed by atoms with Crippen molar-refractivity contribution in [3.05, 3.63) is 77.4 Å². The van der Waals surface area contributed by atoms with Crippen molar-refractivity contribution in [2.75, 3.05) is 11.1 Å². The van der Waals surface area contributed by atoms with Gasteiger partial charge in [0, 0.05) is 23.5 Å². The van der Waals surface area contributed by atoms with Gasteiger partial charge in [-0.05, 0) is 24.3 Å². The smallest absolute Gasteiger partial charge is 0.266 e. The second kappa shape index (κ2) is 6.41. The van der Waals surface area contributed by atoms with E-state index in [1.165, 1.54) is 0 Å². The lowest BCUT2D eigenvalue weighted by atomic mass is 9.98. The van der Waals surface area contributed by atoms with Crippen LogP contribution in [0.2, 0.25) is 0 Å². The van der Waals surface area contributed by atoms with Crippen LogP contribution in [0.5, 0.6) is 5.75 Å². The maximum Gasteiger partial charge on any atom is 0.266 e. The van der Waals surface area contributed by atoms with Crippen molar-refractivity contribution < 1.29 is 9.53 Å². The predicted molar refractivity (Wildman–Crippen MR) is 102 cm³/mol. The summed E-state index contributed by atoms with van der Waals surface area (Å²) in [5, 5.41) is 3.14. The van der Waals surface area contributed by atoms with Crippen LogP contribution in [0, 0.1) is 0 Å². The first kappa shape index (κ1) is 16.5. The Morgan fingerprint density at radius 2 is 2.00 bits per heavy atom. The van der Waals surface area contributed by atoms with Gasteiger partial charge in [-0.25, -0.2) is 0 Å². The van der Waals surface area contributed by atoms with Crippen molar-refractivity contribution in [2.45, 2.75) is 6.10 Å². The van der Waals surface area contributed by atoms with Crippen molar-refractivity contribution in [1.29, 1.82) is 0 Å². The number of nitrogen functional groups attached to an aromatic ring is 1. The molecule has 1 aliphatic rings. The van der Waals surface area contributed by atoms with E-state index in [-0.39, 0.29) is 11.8 Å². The first-order valence-electron chi connectivity index (χ1n) is 8.26. The van der Waals surface area contributed by atoms with Gasteiger partial charge in [-0.15, -0.1) is 0 Å². The van der Waals surface area contributed by atoms with Gasteiger partial charge in [-0.1, -0.05) is 18.2 Å². The Kier molecular flexibility index (Phi) is 3.92. The van der Waals surface area contributed by atoms with E-state index in [0.717, 1.165) is 11.3 Å². The molecule has 0 fully saturated rings. The number of fused-ring (bicyclic) bond motifs is 1. The molecule has 8 nitrogen and oxygen atoms in total. The average molecular weight is 362 g/mol. The van der Waals surface area contributed by atoms with Crippen LogP contribution >= 0.6 is 0 Å². The molecule has 8 heteroatoms. The van der Waals surface area contributed by atoms with Crippen LogP contribution < -0.4 is 27.3 Å². The Hall–Kier alpha value is -3.94. The second-order valence-corrected chi connectivity index (χ2v) is 6.06. The minimum absolute atomic E-state index is 0.125. The highest BCUT2D eigenvalue weighted by Gasteiger charge is 2.33. The van der Waals surface area contributed by atoms with Crippen LogP contribution in [-0.4, -0.2) is 15.9 Å². The number of nitrogens with one attached hydrogen (secondary N) is 2. The number of hydrogen-bond donors (Lipinski definition) is 5. The molecule has 8 N–H and O–H groups in total. The van der Waals surface area contributed by atoms with Crippen molar-refractivity contribution in [3.63, 3.8) is 0 Å². The van der Waals surface area contributed by atoms with E-state index in [0.29, 0.717) is 28.5 Å². The van der Waals surface area contributed by atoms with Gasteiger partial charge >= 0.3 is 0 Å². The van der Waals surface area contributed by atoms with E-state index in [1.54, 1.807) is 18.5 Å². The van der Waals surface area contributed by atoms with Crippen LogP contribution in [0.1, 0.15) is 22.9 Å². The van der Waals surface area contributed by atoms with Crippen LogP contribution in [0.15, 0.2) is 60.6 Å². The molecule has 0 bridgehead atoms. The molecule has 1 unspecified atom stereocenters. The van der Waals surface area contributed by atoms with Crippen LogP contribution in [0.3, 0.4) is 0 Å². The summed E-state index contributed by atoms with van der Waals surface area (Å²) in [6.45, 7) is 0. The summed E-state index contributed by atoms with van der Waals surface area (Å²) in [4.78, 5) is 18.8. The number of primary amides is 1. The third-order valence-corrected chi connectivity index (χ3v) is 4.36. The van der Waals surface area contributed by atoms with E-state index >= 15 is 0 Å². The molecule has 136 valence electrons. The van der Waals surface area contributed by atoms with E-state index in [1.807, 2.05) is 36.4 Å². The summed E-state index contributed by atoms with van der Waals surface area (Å²) in [5.41, 5.74) is 20.4. The number of amides is 1. The quantitative estimate of drug-likeness (QED) is 0.437. The maximum atomic E-state index is 11.6. The minimum Gasteiger partial charge on any atom is -0.477 e. The second-order valence-electron chi connectivity index (χ2n) is 6.06. The monoisotopic (exact) mass is 362 g/mol. The predicted octanol–water partition coefficient (Wildman–Crippen LogP) is 1.70. The lowest BCUT2D eigenvalue weighted by Gasteiger charge is -2.33. The minimum atomic E-state index is -0.750. The molecular formula is C19H18N6O2. The number of carbonyl (C=O) groups is 1. The number of benzene rings is 1. The lowest BCUT2D eigenvalue weighted by Crippen LogP contribution is -2.25. The molecule has 1 aliphatic heterocycles. The number of H-pyrrole nitrogens is 1. The molecule has 0 saturated carbocycles. The molecule has 0 spiro atoms. The molecule has 3 aromatic rings. The van der Waals surface area contributed by atoms with Crippen molar-refractivity contribution in [2.24, 2.45) is 11.5 Å². The Balaban J connectivity index is 1.71. The first-order valence-corrected chi connectivity index (χ1v) is 8.26. The molecule has 1 aromatic carbocycles. The fourth-order valence-electron chi connectivity index (χ4n) is 3.00. The fraction of sp³-hybridized carbons (Fsp3) is 0.0526. The Morgan fingerprint density at radius 3 is 2.67 bits per heavy atom. The Morgan fingerprint density at radius 1 is 1.15 bits per heavy atom. The third kappa shape index (κ3) is 2.82. The molecule has 4 rings (SSSR count). The number of hydrogen-bond acceptors (Lipinski definition) is 6. The number of carbonyl (C=O) groups excluding carboxylic acids is 1. The number of aromatic amines is 1. The van der Waals surface area contributed by atoms with Gasteiger partial charge in [0.1, 0.15) is 11.5 Å². The first-order chi connectivity index (χ1) is 13.1. The Labute approximate surface area is 155 Å². The number of pyridine rings is 1. The highest BCUT2D eigenvalue weighted by Crippen LogP contribution is 2.47.